The first-order chi connectivity index (χ1) is 10.0. The molecule has 2 heterocycles. The summed E-state index contributed by atoms with van der Waals surface area (Å²) in [6.45, 7) is 7.83. The summed E-state index contributed by atoms with van der Waals surface area (Å²) in [6, 6.07) is 3.56. The molecule has 1 atom stereocenters. The number of aromatic nitrogens is 1. The van der Waals surface area contributed by atoms with Crippen LogP contribution < -0.4 is 5.56 Å². The highest BCUT2D eigenvalue weighted by atomic mass is 16.5. The molecule has 1 aromatic heterocycles. The average Bonchev–Trinajstić information content (AvgIpc) is 2.92. The third kappa shape index (κ3) is 3.53. The van der Waals surface area contributed by atoms with Crippen molar-refractivity contribution in [2.24, 2.45) is 0 Å². The van der Waals surface area contributed by atoms with Crippen LogP contribution in [0.1, 0.15) is 55.6 Å². The lowest BCUT2D eigenvalue weighted by Gasteiger charge is -2.24. The van der Waals surface area contributed by atoms with Gasteiger partial charge >= 0.3 is 0 Å². The van der Waals surface area contributed by atoms with Crippen molar-refractivity contribution in [1.82, 2.24) is 9.88 Å². The maximum Gasteiger partial charge on any atom is 0.261 e. The van der Waals surface area contributed by atoms with Gasteiger partial charge in [-0.15, -0.1) is 0 Å². The average molecular weight is 292 g/mol. The Kier molecular flexibility index (Phi) is 5.17. The molecule has 1 fully saturated rings. The lowest BCUT2D eigenvalue weighted by Crippen LogP contribution is -2.40. The topological polar surface area (TPSA) is 62.4 Å². The zero-order valence-corrected chi connectivity index (χ0v) is 13.0. The number of amides is 1. The van der Waals surface area contributed by atoms with Crippen LogP contribution in [0.2, 0.25) is 0 Å². The van der Waals surface area contributed by atoms with E-state index in [1.165, 1.54) is 0 Å². The van der Waals surface area contributed by atoms with E-state index < -0.39 is 0 Å². The fraction of sp³-hybridized carbons (Fsp3) is 0.625. The maximum atomic E-state index is 12.6. The summed E-state index contributed by atoms with van der Waals surface area (Å²) in [6.07, 6.45) is 1.90. The molecule has 1 aliphatic rings. The summed E-state index contributed by atoms with van der Waals surface area (Å²) >= 11 is 0. The van der Waals surface area contributed by atoms with Gasteiger partial charge in [-0.2, -0.15) is 0 Å². The van der Waals surface area contributed by atoms with Gasteiger partial charge < -0.3 is 14.6 Å². The van der Waals surface area contributed by atoms with Crippen molar-refractivity contribution < 1.29 is 9.53 Å². The maximum absolute atomic E-state index is 12.6. The molecule has 1 unspecified atom stereocenters. The SMILES string of the molecule is CCOCC1CCCN1C(=O)c1ccc(C(C)C)[nH]c1=O. The van der Waals surface area contributed by atoms with E-state index in [0.717, 1.165) is 18.5 Å². The number of rotatable bonds is 5. The zero-order valence-electron chi connectivity index (χ0n) is 13.0. The predicted octanol–water partition coefficient (Wildman–Crippen LogP) is 2.14. The Morgan fingerprint density at radius 3 is 2.86 bits per heavy atom. The van der Waals surface area contributed by atoms with Gasteiger partial charge in [-0.25, -0.2) is 0 Å². The Hall–Kier alpha value is -1.62. The summed E-state index contributed by atoms with van der Waals surface area (Å²) in [4.78, 5) is 29.3. The van der Waals surface area contributed by atoms with E-state index >= 15 is 0 Å². The second-order valence-electron chi connectivity index (χ2n) is 5.77. The Balaban J connectivity index is 2.17. The van der Waals surface area contributed by atoms with E-state index in [4.69, 9.17) is 4.74 Å². The minimum Gasteiger partial charge on any atom is -0.380 e. The largest absolute Gasteiger partial charge is 0.380 e. The first-order valence-electron chi connectivity index (χ1n) is 7.66. The van der Waals surface area contributed by atoms with Gasteiger partial charge in [0, 0.05) is 18.8 Å². The lowest BCUT2D eigenvalue weighted by atomic mass is 10.1. The van der Waals surface area contributed by atoms with Gasteiger partial charge in [0.1, 0.15) is 5.56 Å². The van der Waals surface area contributed by atoms with Gasteiger partial charge in [0.2, 0.25) is 0 Å². The van der Waals surface area contributed by atoms with Gasteiger partial charge in [0.25, 0.3) is 11.5 Å². The number of hydrogen-bond donors (Lipinski definition) is 1. The monoisotopic (exact) mass is 292 g/mol. The molecule has 1 aromatic rings. The number of carbonyl (C=O) groups excluding carboxylic acids is 1. The van der Waals surface area contributed by atoms with Crippen LogP contribution in [-0.2, 0) is 4.74 Å². The number of H-pyrrole nitrogens is 1. The van der Waals surface area contributed by atoms with E-state index in [0.29, 0.717) is 19.8 Å². The van der Waals surface area contributed by atoms with Crippen molar-refractivity contribution in [3.05, 3.63) is 33.7 Å². The van der Waals surface area contributed by atoms with Crippen LogP contribution in [0.25, 0.3) is 0 Å². The number of nitrogens with one attached hydrogen (secondary N) is 1. The molecule has 0 radical (unpaired) electrons. The molecule has 1 N–H and O–H groups in total. The smallest absolute Gasteiger partial charge is 0.261 e. The van der Waals surface area contributed by atoms with E-state index in [9.17, 15) is 9.59 Å². The van der Waals surface area contributed by atoms with Crippen LogP contribution in [0.4, 0.5) is 0 Å². The third-order valence-corrected chi connectivity index (χ3v) is 3.94. The summed E-state index contributed by atoms with van der Waals surface area (Å²) in [5.41, 5.74) is 0.778. The molecule has 1 saturated heterocycles. The van der Waals surface area contributed by atoms with Crippen molar-refractivity contribution in [1.29, 1.82) is 0 Å². The Labute approximate surface area is 125 Å². The fourth-order valence-electron chi connectivity index (χ4n) is 2.68. The van der Waals surface area contributed by atoms with E-state index in [-0.39, 0.29) is 29.0 Å². The molecule has 2 rings (SSSR count). The van der Waals surface area contributed by atoms with Gasteiger partial charge in [-0.1, -0.05) is 13.8 Å². The first kappa shape index (κ1) is 15.8. The molecule has 1 amide bonds. The van der Waals surface area contributed by atoms with Crippen LogP contribution in [-0.4, -0.2) is 41.6 Å². The van der Waals surface area contributed by atoms with Gasteiger partial charge in [0.05, 0.1) is 12.6 Å². The molecule has 0 aliphatic carbocycles. The van der Waals surface area contributed by atoms with E-state index in [1.807, 2.05) is 26.8 Å². The summed E-state index contributed by atoms with van der Waals surface area (Å²) in [5, 5.41) is 0. The summed E-state index contributed by atoms with van der Waals surface area (Å²) in [5.74, 6) is 0.0492. The number of nitrogens with zero attached hydrogens (tertiary/aromatic N) is 1. The molecule has 0 saturated carbocycles. The van der Waals surface area contributed by atoms with Gasteiger partial charge in [-0.3, -0.25) is 9.59 Å². The molecule has 0 bridgehead atoms. The predicted molar refractivity (Wildman–Crippen MR) is 81.7 cm³/mol. The van der Waals surface area contributed by atoms with Gasteiger partial charge in [0.15, 0.2) is 0 Å². The van der Waals surface area contributed by atoms with Crippen LogP contribution >= 0.6 is 0 Å². The zero-order chi connectivity index (χ0) is 15.4. The molecule has 5 nitrogen and oxygen atoms in total. The Morgan fingerprint density at radius 2 is 2.24 bits per heavy atom. The third-order valence-electron chi connectivity index (χ3n) is 3.94. The minimum atomic E-state index is -0.298. The van der Waals surface area contributed by atoms with Crippen LogP contribution in [0.3, 0.4) is 0 Å². The van der Waals surface area contributed by atoms with Crippen LogP contribution in [0, 0.1) is 0 Å². The van der Waals surface area contributed by atoms with Crippen molar-refractivity contribution in [2.75, 3.05) is 19.8 Å². The molecule has 21 heavy (non-hydrogen) atoms. The highest BCUT2D eigenvalue weighted by Gasteiger charge is 2.30. The van der Waals surface area contributed by atoms with Crippen LogP contribution in [0.5, 0.6) is 0 Å². The van der Waals surface area contributed by atoms with Crippen molar-refractivity contribution in [3.8, 4) is 0 Å². The van der Waals surface area contributed by atoms with Crippen molar-refractivity contribution in [3.63, 3.8) is 0 Å². The Morgan fingerprint density at radius 1 is 1.48 bits per heavy atom. The molecule has 0 aromatic carbocycles. The minimum absolute atomic E-state index is 0.0848. The number of aromatic amines is 1. The summed E-state index contributed by atoms with van der Waals surface area (Å²) in [7, 11) is 0. The molecule has 116 valence electrons. The summed E-state index contributed by atoms with van der Waals surface area (Å²) < 4.78 is 5.43. The number of pyridine rings is 1. The number of likely N-dealkylation sites (tertiary alicyclic amines) is 1. The van der Waals surface area contributed by atoms with Crippen molar-refractivity contribution in [2.45, 2.75) is 45.6 Å². The lowest BCUT2D eigenvalue weighted by molar-refractivity contribution is 0.0563. The number of carbonyl (C=O) groups is 1. The standard InChI is InChI=1S/C16H24N2O3/c1-4-21-10-12-6-5-9-18(12)16(20)13-7-8-14(11(2)3)17-15(13)19/h7-8,11-12H,4-6,9-10H2,1-3H3,(H,17,19). The second kappa shape index (κ2) is 6.89. The first-order valence-corrected chi connectivity index (χ1v) is 7.66. The quantitative estimate of drug-likeness (QED) is 0.904. The molecular formula is C16H24N2O3. The van der Waals surface area contributed by atoms with Gasteiger partial charge in [-0.05, 0) is 37.8 Å². The van der Waals surface area contributed by atoms with E-state index in [1.54, 1.807) is 11.0 Å². The van der Waals surface area contributed by atoms with Crippen molar-refractivity contribution >= 4 is 5.91 Å². The number of ether oxygens (including phenoxy) is 1. The van der Waals surface area contributed by atoms with E-state index in [2.05, 4.69) is 4.98 Å². The molecule has 1 aliphatic heterocycles. The highest BCUT2D eigenvalue weighted by molar-refractivity contribution is 5.94. The van der Waals surface area contributed by atoms with Crippen LogP contribution in [0.15, 0.2) is 16.9 Å². The molecular weight excluding hydrogens is 268 g/mol. The number of hydrogen-bond acceptors (Lipinski definition) is 3. The second-order valence-corrected chi connectivity index (χ2v) is 5.77. The molecule has 0 spiro atoms. The molecule has 5 heteroatoms. The fourth-order valence-corrected chi connectivity index (χ4v) is 2.68. The Bertz CT molecular complexity index is 551. The highest BCUT2D eigenvalue weighted by Crippen LogP contribution is 2.20. The normalized spacial score (nSPS) is 18.5.